The molecule has 5 nitrogen and oxygen atoms in total. The van der Waals surface area contributed by atoms with Crippen LogP contribution in [0.5, 0.6) is 6.01 Å². The van der Waals surface area contributed by atoms with E-state index < -0.39 is 0 Å². The SMILES string of the molecule is CC(C)(C)Oc1nc(Cl)nc(N2CCCC2)n1. The molecule has 0 aromatic carbocycles. The van der Waals surface area contributed by atoms with Crippen molar-refractivity contribution < 1.29 is 4.74 Å². The number of halogens is 1. The molecule has 1 aliphatic rings. The predicted molar refractivity (Wildman–Crippen MR) is 66.7 cm³/mol. The Hall–Kier alpha value is -1.10. The van der Waals surface area contributed by atoms with E-state index in [9.17, 15) is 0 Å². The Morgan fingerprint density at radius 3 is 2.35 bits per heavy atom. The van der Waals surface area contributed by atoms with Gasteiger partial charge in [-0.25, -0.2) is 0 Å². The molecule has 0 spiro atoms. The Morgan fingerprint density at radius 1 is 1.12 bits per heavy atom. The van der Waals surface area contributed by atoms with Crippen LogP contribution in [0, 0.1) is 0 Å². The lowest BCUT2D eigenvalue weighted by Crippen LogP contribution is -2.26. The van der Waals surface area contributed by atoms with Crippen LogP contribution >= 0.6 is 11.6 Å². The van der Waals surface area contributed by atoms with Crippen LogP contribution in [0.3, 0.4) is 0 Å². The van der Waals surface area contributed by atoms with E-state index in [-0.39, 0.29) is 10.9 Å². The Balaban J connectivity index is 2.22. The summed E-state index contributed by atoms with van der Waals surface area (Å²) in [7, 11) is 0. The minimum Gasteiger partial charge on any atom is -0.458 e. The van der Waals surface area contributed by atoms with Gasteiger partial charge >= 0.3 is 6.01 Å². The number of aromatic nitrogens is 3. The van der Waals surface area contributed by atoms with Gasteiger partial charge in [-0.15, -0.1) is 0 Å². The summed E-state index contributed by atoms with van der Waals surface area (Å²) in [4.78, 5) is 14.5. The number of hydrogen-bond donors (Lipinski definition) is 0. The van der Waals surface area contributed by atoms with Gasteiger partial charge in [0.2, 0.25) is 11.2 Å². The maximum absolute atomic E-state index is 5.89. The lowest BCUT2D eigenvalue weighted by atomic mass is 10.2. The normalized spacial score (nSPS) is 16.4. The summed E-state index contributed by atoms with van der Waals surface area (Å²) in [5.41, 5.74) is -0.340. The molecule has 0 atom stereocenters. The Morgan fingerprint density at radius 2 is 1.76 bits per heavy atom. The minimum atomic E-state index is -0.340. The highest BCUT2D eigenvalue weighted by molar-refractivity contribution is 6.28. The van der Waals surface area contributed by atoms with Crippen LogP contribution in [0.25, 0.3) is 0 Å². The number of nitrogens with zero attached hydrogens (tertiary/aromatic N) is 4. The van der Waals surface area contributed by atoms with Crippen LogP contribution in [0.4, 0.5) is 5.95 Å². The van der Waals surface area contributed by atoms with Gasteiger partial charge in [-0.05, 0) is 45.2 Å². The summed E-state index contributed by atoms with van der Waals surface area (Å²) in [6.07, 6.45) is 2.33. The van der Waals surface area contributed by atoms with Gasteiger partial charge in [0.25, 0.3) is 0 Å². The molecule has 0 radical (unpaired) electrons. The van der Waals surface area contributed by atoms with Crippen molar-refractivity contribution in [2.75, 3.05) is 18.0 Å². The largest absolute Gasteiger partial charge is 0.458 e. The van der Waals surface area contributed by atoms with Crippen LogP contribution in [-0.4, -0.2) is 33.6 Å². The smallest absolute Gasteiger partial charge is 0.323 e. The van der Waals surface area contributed by atoms with Gasteiger partial charge in [-0.1, -0.05) is 0 Å². The van der Waals surface area contributed by atoms with Crippen LogP contribution in [0.15, 0.2) is 0 Å². The molecule has 0 saturated carbocycles. The van der Waals surface area contributed by atoms with Crippen molar-refractivity contribution in [2.24, 2.45) is 0 Å². The monoisotopic (exact) mass is 256 g/mol. The molecule has 0 unspecified atom stereocenters. The zero-order valence-corrected chi connectivity index (χ0v) is 11.2. The molecular weight excluding hydrogens is 240 g/mol. The zero-order chi connectivity index (χ0) is 12.5. The fraction of sp³-hybridized carbons (Fsp3) is 0.727. The molecular formula is C11H17ClN4O. The highest BCUT2D eigenvalue weighted by Gasteiger charge is 2.20. The number of anilines is 1. The van der Waals surface area contributed by atoms with Gasteiger partial charge in [-0.2, -0.15) is 15.0 Å². The van der Waals surface area contributed by atoms with E-state index in [0.29, 0.717) is 12.0 Å². The first kappa shape index (κ1) is 12.4. The molecule has 1 aliphatic heterocycles. The second kappa shape index (κ2) is 4.64. The van der Waals surface area contributed by atoms with Crippen molar-refractivity contribution >= 4 is 17.5 Å². The predicted octanol–water partition coefficient (Wildman–Crippen LogP) is 2.30. The number of rotatable bonds is 2. The van der Waals surface area contributed by atoms with Gasteiger partial charge in [0.05, 0.1) is 0 Å². The second-order valence-corrected chi connectivity index (χ2v) is 5.43. The van der Waals surface area contributed by atoms with Crippen LogP contribution in [0.1, 0.15) is 33.6 Å². The number of ether oxygens (including phenoxy) is 1. The van der Waals surface area contributed by atoms with E-state index in [1.54, 1.807) is 0 Å². The van der Waals surface area contributed by atoms with E-state index in [2.05, 4.69) is 19.9 Å². The highest BCUT2D eigenvalue weighted by atomic mass is 35.5. The number of hydrogen-bond acceptors (Lipinski definition) is 5. The van der Waals surface area contributed by atoms with Gasteiger partial charge < -0.3 is 9.64 Å². The van der Waals surface area contributed by atoms with Crippen molar-refractivity contribution in [3.8, 4) is 6.01 Å². The molecule has 2 heterocycles. The molecule has 0 N–H and O–H groups in total. The fourth-order valence-corrected chi connectivity index (χ4v) is 1.85. The molecule has 0 bridgehead atoms. The van der Waals surface area contributed by atoms with Crippen LogP contribution in [0.2, 0.25) is 5.28 Å². The van der Waals surface area contributed by atoms with Crippen molar-refractivity contribution in [3.63, 3.8) is 0 Å². The third-order valence-electron chi connectivity index (χ3n) is 2.36. The van der Waals surface area contributed by atoms with Crippen LogP contribution < -0.4 is 9.64 Å². The first-order chi connectivity index (χ1) is 7.94. The van der Waals surface area contributed by atoms with Gasteiger partial charge in [-0.3, -0.25) is 0 Å². The summed E-state index contributed by atoms with van der Waals surface area (Å²) < 4.78 is 5.61. The molecule has 0 aliphatic carbocycles. The van der Waals surface area contributed by atoms with Gasteiger partial charge in [0, 0.05) is 13.1 Å². The molecule has 1 saturated heterocycles. The standard InChI is InChI=1S/C11H17ClN4O/c1-11(2,3)17-10-14-8(12)13-9(15-10)16-6-4-5-7-16/h4-7H2,1-3H3. The average Bonchev–Trinajstić information content (AvgIpc) is 2.65. The summed E-state index contributed by atoms with van der Waals surface area (Å²) in [6, 6.07) is 0.291. The first-order valence-corrected chi connectivity index (χ1v) is 6.17. The minimum absolute atomic E-state index is 0.182. The molecule has 0 amide bonds. The summed E-state index contributed by atoms with van der Waals surface area (Å²) >= 11 is 5.89. The highest BCUT2D eigenvalue weighted by Crippen LogP contribution is 2.21. The first-order valence-electron chi connectivity index (χ1n) is 5.79. The quantitative estimate of drug-likeness (QED) is 0.813. The topological polar surface area (TPSA) is 51.1 Å². The average molecular weight is 257 g/mol. The van der Waals surface area contributed by atoms with Crippen molar-refractivity contribution in [1.29, 1.82) is 0 Å². The Bertz CT molecular complexity index is 399. The van der Waals surface area contributed by atoms with Crippen molar-refractivity contribution in [1.82, 2.24) is 15.0 Å². The zero-order valence-electron chi connectivity index (χ0n) is 10.4. The van der Waals surface area contributed by atoms with E-state index >= 15 is 0 Å². The van der Waals surface area contributed by atoms with E-state index in [0.717, 1.165) is 13.1 Å². The molecule has 17 heavy (non-hydrogen) atoms. The maximum atomic E-state index is 5.89. The molecule has 6 heteroatoms. The fourth-order valence-electron chi connectivity index (χ4n) is 1.70. The molecule has 1 aromatic rings. The maximum Gasteiger partial charge on any atom is 0.323 e. The lowest BCUT2D eigenvalue weighted by molar-refractivity contribution is 0.116. The second-order valence-electron chi connectivity index (χ2n) is 5.10. The Kier molecular flexibility index (Phi) is 3.38. The summed E-state index contributed by atoms with van der Waals surface area (Å²) in [6.45, 7) is 7.77. The molecule has 1 fully saturated rings. The van der Waals surface area contributed by atoms with E-state index in [1.165, 1.54) is 12.8 Å². The van der Waals surface area contributed by atoms with Gasteiger partial charge in [0.15, 0.2) is 0 Å². The third kappa shape index (κ3) is 3.43. The molecule has 1 aromatic heterocycles. The summed E-state index contributed by atoms with van der Waals surface area (Å²) in [5.74, 6) is 0.613. The van der Waals surface area contributed by atoms with Crippen molar-refractivity contribution in [3.05, 3.63) is 5.28 Å². The summed E-state index contributed by atoms with van der Waals surface area (Å²) in [5, 5.41) is 0.182. The Labute approximate surface area is 106 Å². The molecule has 2 rings (SSSR count). The lowest BCUT2D eigenvalue weighted by Gasteiger charge is -2.21. The van der Waals surface area contributed by atoms with Crippen LogP contribution in [-0.2, 0) is 0 Å². The van der Waals surface area contributed by atoms with Crippen molar-refractivity contribution in [2.45, 2.75) is 39.2 Å². The van der Waals surface area contributed by atoms with E-state index in [1.807, 2.05) is 20.8 Å². The van der Waals surface area contributed by atoms with Gasteiger partial charge in [0.1, 0.15) is 5.60 Å². The van der Waals surface area contributed by atoms with E-state index in [4.69, 9.17) is 16.3 Å². The molecule has 94 valence electrons. The third-order valence-corrected chi connectivity index (χ3v) is 2.53.